The minimum Gasteiger partial charge on any atom is -0.369 e. The summed E-state index contributed by atoms with van der Waals surface area (Å²) in [6, 6.07) is 0. The highest BCUT2D eigenvalue weighted by Crippen LogP contribution is 2.22. The topological polar surface area (TPSA) is 75.4 Å². The first kappa shape index (κ1) is 15.3. The Morgan fingerprint density at radius 2 is 1.85 bits per heavy atom. The monoisotopic (exact) mass is 281 g/mol. The molecule has 1 atom stereocenters. The Bertz CT molecular complexity index is 340. The van der Waals surface area contributed by atoms with Gasteiger partial charge in [-0.1, -0.05) is 19.3 Å². The van der Waals surface area contributed by atoms with Crippen LogP contribution in [0.25, 0.3) is 0 Å². The van der Waals surface area contributed by atoms with Gasteiger partial charge in [-0.25, -0.2) is 0 Å². The molecule has 2 rings (SSSR count). The maximum atomic E-state index is 12.0. The Morgan fingerprint density at radius 3 is 2.55 bits per heavy atom. The van der Waals surface area contributed by atoms with E-state index < -0.39 is 0 Å². The number of primary amides is 1. The molecular formula is C15H27N3O2. The Balaban J connectivity index is 1.66. The van der Waals surface area contributed by atoms with Gasteiger partial charge in [0.1, 0.15) is 0 Å². The van der Waals surface area contributed by atoms with Gasteiger partial charge < -0.3 is 11.1 Å². The van der Waals surface area contributed by atoms with E-state index in [9.17, 15) is 9.59 Å². The van der Waals surface area contributed by atoms with Gasteiger partial charge in [0.25, 0.3) is 0 Å². The van der Waals surface area contributed by atoms with Crippen LogP contribution in [0.1, 0.15) is 44.9 Å². The van der Waals surface area contributed by atoms with Crippen LogP contribution in [0.5, 0.6) is 0 Å². The average molecular weight is 281 g/mol. The van der Waals surface area contributed by atoms with E-state index >= 15 is 0 Å². The molecule has 0 bridgehead atoms. The molecule has 0 spiro atoms. The molecule has 0 aromatic rings. The second-order valence-corrected chi connectivity index (χ2v) is 6.28. The lowest BCUT2D eigenvalue weighted by Crippen LogP contribution is -2.46. The van der Waals surface area contributed by atoms with E-state index in [1.54, 1.807) is 0 Å². The lowest BCUT2D eigenvalue weighted by Gasteiger charge is -2.30. The fraction of sp³-hybridized carbons (Fsp3) is 0.867. The van der Waals surface area contributed by atoms with Crippen molar-refractivity contribution in [1.82, 2.24) is 10.2 Å². The van der Waals surface area contributed by atoms with Gasteiger partial charge in [0.15, 0.2) is 0 Å². The van der Waals surface area contributed by atoms with Crippen LogP contribution in [-0.4, -0.2) is 42.9 Å². The summed E-state index contributed by atoms with van der Waals surface area (Å²) in [5, 5.41) is 3.05. The molecule has 2 amide bonds. The molecule has 0 unspecified atom stereocenters. The molecular weight excluding hydrogens is 254 g/mol. The molecule has 20 heavy (non-hydrogen) atoms. The Hall–Kier alpha value is -1.10. The number of hydrogen-bond donors (Lipinski definition) is 2. The zero-order valence-electron chi connectivity index (χ0n) is 12.3. The third-order valence-electron chi connectivity index (χ3n) is 4.59. The van der Waals surface area contributed by atoms with Crippen LogP contribution in [0.4, 0.5) is 0 Å². The molecule has 2 aliphatic rings. The molecule has 1 aliphatic carbocycles. The lowest BCUT2D eigenvalue weighted by atomic mass is 9.89. The Labute approximate surface area is 121 Å². The van der Waals surface area contributed by atoms with Crippen molar-refractivity contribution in [2.45, 2.75) is 44.9 Å². The van der Waals surface area contributed by atoms with Crippen LogP contribution in [0.2, 0.25) is 0 Å². The maximum Gasteiger partial charge on any atom is 0.234 e. The first-order valence-electron chi connectivity index (χ1n) is 7.93. The van der Waals surface area contributed by atoms with Crippen LogP contribution in [0, 0.1) is 11.8 Å². The number of nitrogens with one attached hydrogen (secondary N) is 1. The smallest absolute Gasteiger partial charge is 0.234 e. The number of piperidine rings is 1. The molecule has 1 heterocycles. The fourth-order valence-electron chi connectivity index (χ4n) is 3.34. The van der Waals surface area contributed by atoms with Gasteiger partial charge >= 0.3 is 0 Å². The zero-order chi connectivity index (χ0) is 14.4. The predicted molar refractivity (Wildman–Crippen MR) is 77.9 cm³/mol. The highest BCUT2D eigenvalue weighted by atomic mass is 16.2. The van der Waals surface area contributed by atoms with Gasteiger partial charge in [0, 0.05) is 13.1 Å². The Morgan fingerprint density at radius 1 is 1.10 bits per heavy atom. The molecule has 1 aliphatic heterocycles. The predicted octanol–water partition coefficient (Wildman–Crippen LogP) is 0.880. The number of amides is 2. The molecule has 0 radical (unpaired) electrons. The molecule has 0 aromatic heterocycles. The van der Waals surface area contributed by atoms with Gasteiger partial charge in [-0.15, -0.1) is 0 Å². The second-order valence-electron chi connectivity index (χ2n) is 6.28. The molecule has 5 nitrogen and oxygen atoms in total. The summed E-state index contributed by atoms with van der Waals surface area (Å²) in [5.41, 5.74) is 5.35. The van der Waals surface area contributed by atoms with Crippen molar-refractivity contribution in [2.75, 3.05) is 26.2 Å². The molecule has 1 saturated carbocycles. The second kappa shape index (κ2) is 7.62. The summed E-state index contributed by atoms with van der Waals surface area (Å²) in [5.74, 6) is 0.417. The number of rotatable bonds is 5. The van der Waals surface area contributed by atoms with Gasteiger partial charge in [-0.3, -0.25) is 14.5 Å². The standard InChI is InChI=1S/C15H27N3O2/c16-15(20)13-7-4-8-18(10-13)11-14(19)17-9-12-5-2-1-3-6-12/h12-13H,1-11H2,(H2,16,20)(H,17,19)/t13-/m0/s1. The van der Waals surface area contributed by atoms with Crippen LogP contribution in [-0.2, 0) is 9.59 Å². The number of carbonyl (C=O) groups excluding carboxylic acids is 2. The highest BCUT2D eigenvalue weighted by Gasteiger charge is 2.25. The average Bonchev–Trinajstić information content (AvgIpc) is 2.46. The van der Waals surface area contributed by atoms with Crippen LogP contribution < -0.4 is 11.1 Å². The highest BCUT2D eigenvalue weighted by molar-refractivity contribution is 5.79. The maximum absolute atomic E-state index is 12.0. The van der Waals surface area contributed by atoms with Gasteiger partial charge in [0.05, 0.1) is 12.5 Å². The van der Waals surface area contributed by atoms with Crippen LogP contribution in [0.15, 0.2) is 0 Å². The first-order chi connectivity index (χ1) is 9.65. The number of likely N-dealkylation sites (tertiary alicyclic amines) is 1. The first-order valence-corrected chi connectivity index (χ1v) is 7.93. The minimum atomic E-state index is -0.239. The number of nitrogens with zero attached hydrogens (tertiary/aromatic N) is 1. The third kappa shape index (κ3) is 4.78. The number of nitrogens with two attached hydrogens (primary N) is 1. The summed E-state index contributed by atoms with van der Waals surface area (Å²) in [6.45, 7) is 2.73. The largest absolute Gasteiger partial charge is 0.369 e. The van der Waals surface area contributed by atoms with Crippen molar-refractivity contribution in [1.29, 1.82) is 0 Å². The summed E-state index contributed by atoms with van der Waals surface area (Å²) in [4.78, 5) is 25.2. The molecule has 2 fully saturated rings. The summed E-state index contributed by atoms with van der Waals surface area (Å²) in [6.07, 6.45) is 8.23. The summed E-state index contributed by atoms with van der Waals surface area (Å²) in [7, 11) is 0. The van der Waals surface area contributed by atoms with Crippen molar-refractivity contribution in [3.8, 4) is 0 Å². The lowest BCUT2D eigenvalue weighted by molar-refractivity contribution is -0.126. The molecule has 5 heteroatoms. The normalized spacial score (nSPS) is 25.3. The third-order valence-corrected chi connectivity index (χ3v) is 4.59. The van der Waals surface area contributed by atoms with Gasteiger partial charge in [-0.05, 0) is 38.1 Å². The molecule has 0 aromatic carbocycles. The van der Waals surface area contributed by atoms with E-state index in [2.05, 4.69) is 10.2 Å². The van der Waals surface area contributed by atoms with E-state index in [4.69, 9.17) is 5.73 Å². The number of carbonyl (C=O) groups is 2. The van der Waals surface area contributed by atoms with Crippen molar-refractivity contribution < 1.29 is 9.59 Å². The van der Waals surface area contributed by atoms with E-state index in [1.807, 2.05) is 0 Å². The van der Waals surface area contributed by atoms with E-state index in [1.165, 1.54) is 32.1 Å². The number of hydrogen-bond acceptors (Lipinski definition) is 3. The van der Waals surface area contributed by atoms with Crippen molar-refractivity contribution in [2.24, 2.45) is 17.6 Å². The summed E-state index contributed by atoms with van der Waals surface area (Å²) >= 11 is 0. The van der Waals surface area contributed by atoms with E-state index in [0.717, 1.165) is 25.9 Å². The molecule has 1 saturated heterocycles. The van der Waals surface area contributed by atoms with Crippen molar-refractivity contribution >= 4 is 11.8 Å². The zero-order valence-corrected chi connectivity index (χ0v) is 12.3. The van der Waals surface area contributed by atoms with Crippen LogP contribution in [0.3, 0.4) is 0 Å². The SMILES string of the molecule is NC(=O)[C@H]1CCCN(CC(=O)NCC2CCCCC2)C1. The summed E-state index contributed by atoms with van der Waals surface area (Å²) < 4.78 is 0. The van der Waals surface area contributed by atoms with E-state index in [-0.39, 0.29) is 17.7 Å². The van der Waals surface area contributed by atoms with Crippen LogP contribution >= 0.6 is 0 Å². The van der Waals surface area contributed by atoms with Crippen molar-refractivity contribution in [3.05, 3.63) is 0 Å². The fourth-order valence-corrected chi connectivity index (χ4v) is 3.34. The minimum absolute atomic E-state index is 0.0840. The molecule has 114 valence electrons. The Kier molecular flexibility index (Phi) is 5.83. The quantitative estimate of drug-likeness (QED) is 0.785. The van der Waals surface area contributed by atoms with Crippen molar-refractivity contribution in [3.63, 3.8) is 0 Å². The van der Waals surface area contributed by atoms with E-state index in [0.29, 0.717) is 19.0 Å². The van der Waals surface area contributed by atoms with Gasteiger partial charge in [0.2, 0.25) is 11.8 Å². The van der Waals surface area contributed by atoms with Gasteiger partial charge in [-0.2, -0.15) is 0 Å². The molecule has 3 N–H and O–H groups in total.